The summed E-state index contributed by atoms with van der Waals surface area (Å²) in [4.78, 5) is 11.3. The largest absolute Gasteiger partial charge is 0.550 e. The van der Waals surface area contributed by atoms with E-state index in [1.807, 2.05) is 21.1 Å². The smallest absolute Gasteiger partial charge is 0.111 e. The molecular formula is C23H45NO4. The Labute approximate surface area is 173 Å². The highest BCUT2D eigenvalue weighted by Gasteiger charge is 2.25. The lowest BCUT2D eigenvalue weighted by Gasteiger charge is -2.31. The number of carbonyl (C=O) groups is 1. The number of rotatable bonds is 19. The van der Waals surface area contributed by atoms with Crippen molar-refractivity contribution in [3.63, 3.8) is 0 Å². The Morgan fingerprint density at radius 3 is 1.79 bits per heavy atom. The number of quaternary nitrogens is 1. The van der Waals surface area contributed by atoms with Crippen molar-refractivity contribution in [3.8, 4) is 0 Å². The lowest BCUT2D eigenvalue weighted by atomic mass is 9.94. The summed E-state index contributed by atoms with van der Waals surface area (Å²) < 4.78 is 0.545. The molecule has 0 rings (SSSR count). The molecule has 28 heavy (non-hydrogen) atoms. The molecule has 0 bridgehead atoms. The van der Waals surface area contributed by atoms with E-state index in [2.05, 4.69) is 12.2 Å². The Morgan fingerprint density at radius 1 is 0.857 bits per heavy atom. The van der Waals surface area contributed by atoms with Crippen LogP contribution in [0.25, 0.3) is 0 Å². The van der Waals surface area contributed by atoms with E-state index in [-0.39, 0.29) is 0 Å². The molecule has 0 saturated carbocycles. The minimum atomic E-state index is -1.12. The molecule has 0 aliphatic carbocycles. The van der Waals surface area contributed by atoms with Crippen molar-refractivity contribution < 1.29 is 24.6 Å². The maximum Gasteiger partial charge on any atom is 0.111 e. The second kappa shape index (κ2) is 17.0. The molecular weight excluding hydrogens is 354 g/mol. The summed E-state index contributed by atoms with van der Waals surface area (Å²) >= 11 is 0. The molecule has 0 aliphatic heterocycles. The summed E-state index contributed by atoms with van der Waals surface area (Å²) in [5.74, 6) is -1.88. The molecule has 0 radical (unpaired) electrons. The SMILES string of the molecule is C[N+](C)(C)CC(O)C(CCCCCCCC/C=C\CCCCCCO)C(=O)[O-]. The highest BCUT2D eigenvalue weighted by molar-refractivity contribution is 5.68. The molecule has 166 valence electrons. The van der Waals surface area contributed by atoms with E-state index in [9.17, 15) is 15.0 Å². The third-order valence-corrected chi connectivity index (χ3v) is 5.08. The first kappa shape index (κ1) is 27.1. The van der Waals surface area contributed by atoms with Crippen LogP contribution in [0.5, 0.6) is 0 Å². The summed E-state index contributed by atoms with van der Waals surface area (Å²) in [7, 11) is 5.85. The number of aliphatic carboxylic acids is 1. The number of carboxylic acids is 1. The maximum absolute atomic E-state index is 11.3. The maximum atomic E-state index is 11.3. The van der Waals surface area contributed by atoms with Crippen LogP contribution in [0.15, 0.2) is 12.2 Å². The van der Waals surface area contributed by atoms with Crippen molar-refractivity contribution >= 4 is 5.97 Å². The molecule has 0 spiro atoms. The third-order valence-electron chi connectivity index (χ3n) is 5.08. The van der Waals surface area contributed by atoms with Crippen LogP contribution in [-0.4, -0.2) is 61.1 Å². The van der Waals surface area contributed by atoms with Crippen LogP contribution in [0, 0.1) is 5.92 Å². The van der Waals surface area contributed by atoms with Crippen LogP contribution in [0.1, 0.15) is 83.5 Å². The zero-order chi connectivity index (χ0) is 21.3. The number of hydrogen-bond acceptors (Lipinski definition) is 4. The van der Waals surface area contributed by atoms with Gasteiger partial charge >= 0.3 is 0 Å². The normalized spacial score (nSPS) is 14.5. The van der Waals surface area contributed by atoms with Crippen LogP contribution >= 0.6 is 0 Å². The monoisotopic (exact) mass is 399 g/mol. The fourth-order valence-electron chi connectivity index (χ4n) is 3.45. The highest BCUT2D eigenvalue weighted by Crippen LogP contribution is 2.17. The van der Waals surface area contributed by atoms with Gasteiger partial charge in [-0.1, -0.05) is 57.1 Å². The topological polar surface area (TPSA) is 80.6 Å². The Morgan fingerprint density at radius 2 is 1.32 bits per heavy atom. The number of aliphatic hydroxyl groups is 2. The second-order valence-electron chi connectivity index (χ2n) is 9.06. The molecule has 2 unspecified atom stereocenters. The van der Waals surface area contributed by atoms with Crippen LogP contribution < -0.4 is 5.11 Å². The van der Waals surface area contributed by atoms with Crippen LogP contribution in [0.4, 0.5) is 0 Å². The molecule has 5 heteroatoms. The zero-order valence-corrected chi connectivity index (χ0v) is 18.6. The molecule has 0 heterocycles. The predicted octanol–water partition coefficient (Wildman–Crippen LogP) is 3.04. The summed E-state index contributed by atoms with van der Waals surface area (Å²) in [6.45, 7) is 0.737. The van der Waals surface area contributed by atoms with Gasteiger partial charge in [-0.25, -0.2) is 0 Å². The van der Waals surface area contributed by atoms with Gasteiger partial charge in [0.05, 0.1) is 21.1 Å². The quantitative estimate of drug-likeness (QED) is 0.199. The molecule has 5 nitrogen and oxygen atoms in total. The van der Waals surface area contributed by atoms with E-state index >= 15 is 0 Å². The van der Waals surface area contributed by atoms with Gasteiger partial charge in [0.1, 0.15) is 12.6 Å². The number of aliphatic hydroxyl groups excluding tert-OH is 2. The average Bonchev–Trinajstić information content (AvgIpc) is 2.59. The zero-order valence-electron chi connectivity index (χ0n) is 18.6. The van der Waals surface area contributed by atoms with Crippen molar-refractivity contribution in [2.24, 2.45) is 5.92 Å². The lowest BCUT2D eigenvalue weighted by Crippen LogP contribution is -2.48. The Hall–Kier alpha value is -0.910. The molecule has 0 aromatic carbocycles. The minimum absolute atomic E-state index is 0.311. The van der Waals surface area contributed by atoms with Gasteiger partial charge in [0, 0.05) is 18.5 Å². The minimum Gasteiger partial charge on any atom is -0.550 e. The molecule has 0 saturated heterocycles. The molecule has 0 aromatic heterocycles. The highest BCUT2D eigenvalue weighted by atomic mass is 16.4. The van der Waals surface area contributed by atoms with Gasteiger partial charge in [-0.3, -0.25) is 0 Å². The van der Waals surface area contributed by atoms with Gasteiger partial charge in [0.2, 0.25) is 0 Å². The van der Waals surface area contributed by atoms with Crippen molar-refractivity contribution in [3.05, 3.63) is 12.2 Å². The van der Waals surface area contributed by atoms with E-state index in [0.717, 1.165) is 44.9 Å². The van der Waals surface area contributed by atoms with Crippen LogP contribution in [0.2, 0.25) is 0 Å². The number of hydrogen-bond donors (Lipinski definition) is 2. The standard InChI is InChI=1S/C23H45NO4/c1-24(2,3)20-22(26)21(23(27)28)18-16-14-12-10-8-6-4-5-7-9-11-13-15-17-19-25/h5,7,21-22,25-26H,4,6,8-20H2,1-3H3/b7-5-. The van der Waals surface area contributed by atoms with Gasteiger partial charge < -0.3 is 24.6 Å². The van der Waals surface area contributed by atoms with Gasteiger partial charge in [-0.05, 0) is 38.5 Å². The van der Waals surface area contributed by atoms with Crippen LogP contribution in [-0.2, 0) is 4.79 Å². The Kier molecular flexibility index (Phi) is 16.4. The van der Waals surface area contributed by atoms with Gasteiger partial charge in [0.25, 0.3) is 0 Å². The molecule has 0 aromatic rings. The van der Waals surface area contributed by atoms with Crippen molar-refractivity contribution in [1.29, 1.82) is 0 Å². The number of likely N-dealkylation sites (N-methyl/N-ethyl adjacent to an activating group) is 1. The molecule has 2 N–H and O–H groups in total. The molecule has 2 atom stereocenters. The van der Waals surface area contributed by atoms with Crippen molar-refractivity contribution in [2.45, 2.75) is 89.6 Å². The first-order chi connectivity index (χ1) is 13.3. The summed E-state index contributed by atoms with van der Waals surface area (Å²) in [5, 5.41) is 30.2. The van der Waals surface area contributed by atoms with Gasteiger partial charge in [-0.15, -0.1) is 0 Å². The fraction of sp³-hybridized carbons (Fsp3) is 0.870. The predicted molar refractivity (Wildman–Crippen MR) is 114 cm³/mol. The van der Waals surface area contributed by atoms with E-state index < -0.39 is 18.0 Å². The summed E-state index contributed by atoms with van der Waals surface area (Å²) in [5.41, 5.74) is 0. The van der Waals surface area contributed by atoms with Crippen molar-refractivity contribution in [1.82, 2.24) is 0 Å². The van der Waals surface area contributed by atoms with E-state index in [1.54, 1.807) is 0 Å². The number of carbonyl (C=O) groups excluding carboxylic acids is 1. The summed E-state index contributed by atoms with van der Waals surface area (Å²) in [6, 6.07) is 0. The molecule has 0 amide bonds. The van der Waals surface area contributed by atoms with Crippen LogP contribution in [0.3, 0.4) is 0 Å². The lowest BCUT2D eigenvalue weighted by molar-refractivity contribution is -0.874. The summed E-state index contributed by atoms with van der Waals surface area (Å²) in [6.07, 6.45) is 17.6. The van der Waals surface area contributed by atoms with E-state index in [1.165, 1.54) is 32.1 Å². The fourth-order valence-corrected chi connectivity index (χ4v) is 3.45. The second-order valence-corrected chi connectivity index (χ2v) is 9.06. The van der Waals surface area contributed by atoms with E-state index in [4.69, 9.17) is 5.11 Å². The third kappa shape index (κ3) is 17.2. The molecule has 0 fully saturated rings. The van der Waals surface area contributed by atoms with Gasteiger partial charge in [-0.2, -0.15) is 0 Å². The first-order valence-electron chi connectivity index (χ1n) is 11.2. The van der Waals surface area contributed by atoms with Crippen molar-refractivity contribution in [2.75, 3.05) is 34.3 Å². The van der Waals surface area contributed by atoms with Gasteiger partial charge in [0.15, 0.2) is 0 Å². The van der Waals surface area contributed by atoms with E-state index in [0.29, 0.717) is 24.1 Å². The number of allylic oxidation sites excluding steroid dienone is 2. The number of unbranched alkanes of at least 4 members (excludes halogenated alkanes) is 10. The molecule has 0 aliphatic rings. The Balaban J connectivity index is 3.62. The first-order valence-corrected chi connectivity index (χ1v) is 11.2. The Bertz CT molecular complexity index is 404. The average molecular weight is 400 g/mol. The number of nitrogens with zero attached hydrogens (tertiary/aromatic N) is 1. The number of carboxylic acid groups (broad SMARTS) is 1.